The molecule has 0 aliphatic heterocycles. The molecule has 5 nitrogen and oxygen atoms in total. The first kappa shape index (κ1) is 65.1. The summed E-state index contributed by atoms with van der Waals surface area (Å²) in [5.74, 6) is -0.175. The zero-order chi connectivity index (χ0) is 48.8. The molecule has 0 radical (unpaired) electrons. The van der Waals surface area contributed by atoms with Crippen molar-refractivity contribution >= 4 is 11.9 Å². The van der Waals surface area contributed by atoms with Gasteiger partial charge in [0.1, 0.15) is 13.2 Å². The fourth-order valence-corrected chi connectivity index (χ4v) is 9.26. The Morgan fingerprint density at radius 2 is 0.597 bits per heavy atom. The first-order valence-corrected chi connectivity index (χ1v) is 29.8. The Morgan fingerprint density at radius 1 is 0.343 bits per heavy atom. The summed E-state index contributed by atoms with van der Waals surface area (Å²) in [4.78, 5) is 28.6. The van der Waals surface area contributed by atoms with Gasteiger partial charge in [-0.2, -0.15) is 0 Å². The molecular formula is C62H117NO4. The highest BCUT2D eigenvalue weighted by Crippen LogP contribution is 2.33. The van der Waals surface area contributed by atoms with Gasteiger partial charge in [-0.3, -0.25) is 9.59 Å². The van der Waals surface area contributed by atoms with Crippen LogP contribution in [-0.2, 0) is 19.1 Å². The third-order valence-electron chi connectivity index (χ3n) is 13.9. The Balaban J connectivity index is 4.89. The summed E-state index contributed by atoms with van der Waals surface area (Å²) < 4.78 is 12.2. The maximum atomic E-state index is 13.2. The summed E-state index contributed by atoms with van der Waals surface area (Å²) in [6, 6.07) is 0. The number of carbonyl (C=O) groups excluding carboxylic acids is 2. The van der Waals surface area contributed by atoms with E-state index in [0.29, 0.717) is 26.1 Å². The van der Waals surface area contributed by atoms with Crippen molar-refractivity contribution in [1.82, 2.24) is 4.90 Å². The molecule has 0 saturated carbocycles. The molecule has 0 saturated heterocycles. The molecular weight excluding hydrogens is 823 g/mol. The second-order valence-corrected chi connectivity index (χ2v) is 21.1. The highest BCUT2D eigenvalue weighted by Gasteiger charge is 2.33. The minimum atomic E-state index is -0.326. The fourth-order valence-electron chi connectivity index (χ4n) is 9.26. The van der Waals surface area contributed by atoms with Gasteiger partial charge >= 0.3 is 11.9 Å². The first-order valence-electron chi connectivity index (χ1n) is 29.8. The zero-order valence-corrected chi connectivity index (χ0v) is 46.0. The molecule has 0 aromatic rings. The molecule has 0 rings (SSSR count). The third kappa shape index (κ3) is 50.3. The molecule has 0 heterocycles. The van der Waals surface area contributed by atoms with Crippen LogP contribution in [0.15, 0.2) is 36.5 Å². The lowest BCUT2D eigenvalue weighted by molar-refractivity contribution is -0.155. The van der Waals surface area contributed by atoms with Crippen LogP contribution in [0.25, 0.3) is 0 Å². The summed E-state index contributed by atoms with van der Waals surface area (Å²) in [6.45, 7) is 8.53. The van der Waals surface area contributed by atoms with Gasteiger partial charge in [-0.05, 0) is 130 Å². The van der Waals surface area contributed by atoms with E-state index in [9.17, 15) is 9.59 Å². The second-order valence-electron chi connectivity index (χ2n) is 21.1. The van der Waals surface area contributed by atoms with Gasteiger partial charge in [0, 0.05) is 18.3 Å². The van der Waals surface area contributed by atoms with Crippen LogP contribution < -0.4 is 0 Å². The van der Waals surface area contributed by atoms with Crippen LogP contribution in [0.3, 0.4) is 0 Å². The average molecular weight is 941 g/mol. The number of hydrogen-bond donors (Lipinski definition) is 0. The number of ether oxygens (including phenoxy) is 2. The Kier molecular flexibility index (Phi) is 52.0. The van der Waals surface area contributed by atoms with E-state index in [-0.39, 0.29) is 17.4 Å². The van der Waals surface area contributed by atoms with E-state index in [1.165, 1.54) is 225 Å². The Morgan fingerprint density at radius 3 is 0.896 bits per heavy atom. The summed E-state index contributed by atoms with van der Waals surface area (Å²) in [5, 5.41) is 0. The molecule has 0 N–H and O–H groups in total. The van der Waals surface area contributed by atoms with E-state index in [1.807, 2.05) is 0 Å². The van der Waals surface area contributed by atoms with Crippen molar-refractivity contribution in [3.63, 3.8) is 0 Å². The van der Waals surface area contributed by atoms with Crippen LogP contribution in [-0.4, -0.2) is 50.7 Å². The molecule has 0 amide bonds. The van der Waals surface area contributed by atoms with Crippen molar-refractivity contribution in [3.05, 3.63) is 36.5 Å². The quantitative estimate of drug-likeness (QED) is 0.0345. The third-order valence-corrected chi connectivity index (χ3v) is 13.9. The average Bonchev–Trinajstić information content (AvgIpc) is 3.32. The predicted molar refractivity (Wildman–Crippen MR) is 295 cm³/mol. The van der Waals surface area contributed by atoms with Crippen molar-refractivity contribution < 1.29 is 19.1 Å². The molecule has 5 heteroatoms. The number of rotatable bonds is 54. The second kappa shape index (κ2) is 53.5. The monoisotopic (exact) mass is 940 g/mol. The van der Waals surface area contributed by atoms with Gasteiger partial charge in [-0.1, -0.05) is 224 Å². The fraction of sp³-hybridized carbons (Fsp3) is 0.871. The van der Waals surface area contributed by atoms with Gasteiger partial charge in [-0.25, -0.2) is 0 Å². The molecule has 394 valence electrons. The number of nitrogens with zero attached hydrogens (tertiary/aromatic N) is 1. The number of allylic oxidation sites excluding steroid dienone is 6. The molecule has 0 aromatic carbocycles. The highest BCUT2D eigenvalue weighted by atomic mass is 16.5. The summed E-state index contributed by atoms with van der Waals surface area (Å²) in [6.07, 6.45) is 68.5. The van der Waals surface area contributed by atoms with Crippen LogP contribution in [0.4, 0.5) is 0 Å². The van der Waals surface area contributed by atoms with E-state index >= 15 is 0 Å². The summed E-state index contributed by atoms with van der Waals surface area (Å²) >= 11 is 0. The lowest BCUT2D eigenvalue weighted by Crippen LogP contribution is -2.35. The normalized spacial score (nSPS) is 12.2. The SMILES string of the molecule is CCCCCCCC/C=C\CCCCCCCCC(CCCN(C)C)(COC(=O)CCCCCCC/C=C\CCCCCCCC)COC(=O)CCCCCCC/C=C\CCCCCCCC. The van der Waals surface area contributed by atoms with E-state index in [2.05, 4.69) is 76.2 Å². The molecule has 67 heavy (non-hydrogen) atoms. The maximum Gasteiger partial charge on any atom is 0.305 e. The molecule has 0 unspecified atom stereocenters. The molecule has 0 spiro atoms. The van der Waals surface area contributed by atoms with Crippen LogP contribution in [0, 0.1) is 5.41 Å². The van der Waals surface area contributed by atoms with Crippen LogP contribution in [0.1, 0.15) is 310 Å². The van der Waals surface area contributed by atoms with Crippen LogP contribution in [0.5, 0.6) is 0 Å². The summed E-state index contributed by atoms with van der Waals surface area (Å²) in [7, 11) is 4.24. The Bertz CT molecular complexity index is 1050. The number of hydrogen-bond acceptors (Lipinski definition) is 5. The van der Waals surface area contributed by atoms with Crippen molar-refractivity contribution in [3.8, 4) is 0 Å². The first-order chi connectivity index (χ1) is 32.9. The summed E-state index contributed by atoms with van der Waals surface area (Å²) in [5.41, 5.74) is -0.326. The molecule has 0 atom stereocenters. The van der Waals surface area contributed by atoms with Gasteiger partial charge < -0.3 is 14.4 Å². The highest BCUT2D eigenvalue weighted by molar-refractivity contribution is 5.69. The Hall–Kier alpha value is -1.88. The molecule has 0 bridgehead atoms. The molecule has 0 aliphatic carbocycles. The maximum absolute atomic E-state index is 13.2. The molecule has 0 fully saturated rings. The zero-order valence-electron chi connectivity index (χ0n) is 46.0. The Labute approximate surface area is 419 Å². The number of unbranched alkanes of at least 4 members (excludes halogenated alkanes) is 34. The van der Waals surface area contributed by atoms with Crippen LogP contribution >= 0.6 is 0 Å². The van der Waals surface area contributed by atoms with Gasteiger partial charge in [0.05, 0.1) is 0 Å². The van der Waals surface area contributed by atoms with Gasteiger partial charge in [0.2, 0.25) is 0 Å². The van der Waals surface area contributed by atoms with Gasteiger partial charge in [0.25, 0.3) is 0 Å². The van der Waals surface area contributed by atoms with E-state index in [0.717, 1.165) is 57.9 Å². The number of esters is 2. The molecule has 0 aliphatic rings. The standard InChI is InChI=1S/C62H117NO4/c1-6-9-12-15-18-21-24-27-30-33-36-39-42-45-48-51-55-62(56-52-57-63(4)5,58-66-60(64)53-49-46-43-40-37-34-31-28-25-22-19-16-13-10-7-2)59-67-61(65)54-50-47-44-41-38-35-32-29-26-23-20-17-14-11-8-3/h27-32H,6-26,33-59H2,1-5H3/b30-27-,31-28-,32-29-. The van der Waals surface area contributed by atoms with Gasteiger partial charge in [0.15, 0.2) is 0 Å². The van der Waals surface area contributed by atoms with Crippen molar-refractivity contribution in [1.29, 1.82) is 0 Å². The topological polar surface area (TPSA) is 55.8 Å². The minimum Gasteiger partial charge on any atom is -0.465 e. The van der Waals surface area contributed by atoms with Crippen molar-refractivity contribution in [2.45, 2.75) is 310 Å². The van der Waals surface area contributed by atoms with E-state index < -0.39 is 0 Å². The smallest absolute Gasteiger partial charge is 0.305 e. The predicted octanol–water partition coefficient (Wildman–Crippen LogP) is 19.9. The van der Waals surface area contributed by atoms with Crippen molar-refractivity contribution in [2.24, 2.45) is 5.41 Å². The largest absolute Gasteiger partial charge is 0.465 e. The van der Waals surface area contributed by atoms with Crippen molar-refractivity contribution in [2.75, 3.05) is 33.9 Å². The molecule has 0 aromatic heterocycles. The lowest BCUT2D eigenvalue weighted by Gasteiger charge is -2.33. The van der Waals surface area contributed by atoms with E-state index in [4.69, 9.17) is 9.47 Å². The lowest BCUT2D eigenvalue weighted by atomic mass is 9.79. The number of carbonyl (C=O) groups is 2. The minimum absolute atomic E-state index is 0.0877. The van der Waals surface area contributed by atoms with Gasteiger partial charge in [-0.15, -0.1) is 0 Å². The van der Waals surface area contributed by atoms with Crippen LogP contribution in [0.2, 0.25) is 0 Å². The van der Waals surface area contributed by atoms with E-state index in [1.54, 1.807) is 0 Å².